The Kier molecular flexibility index (Phi) is 5.98. The molecule has 3 atom stereocenters. The van der Waals surface area contributed by atoms with E-state index in [4.69, 9.17) is 5.11 Å². The highest BCUT2D eigenvalue weighted by Gasteiger charge is 2.48. The molecule has 0 spiro atoms. The van der Waals surface area contributed by atoms with Crippen LogP contribution >= 0.6 is 23.5 Å². The number of carboxylic acid groups (broad SMARTS) is 2. The van der Waals surface area contributed by atoms with Crippen LogP contribution in [0.15, 0.2) is 0 Å². The van der Waals surface area contributed by atoms with Gasteiger partial charge in [-0.2, -0.15) is 0 Å². The van der Waals surface area contributed by atoms with Crippen LogP contribution in [0.3, 0.4) is 0 Å². The van der Waals surface area contributed by atoms with Crippen molar-refractivity contribution in [2.75, 3.05) is 0 Å². The summed E-state index contributed by atoms with van der Waals surface area (Å²) in [6.07, 6.45) is 0.312. The molecule has 120 valence electrons. The lowest BCUT2D eigenvalue weighted by Gasteiger charge is -2.20. The second-order valence-electron chi connectivity index (χ2n) is 5.84. The quantitative estimate of drug-likeness (QED) is 0.678. The second-order valence-corrected chi connectivity index (χ2v) is 9.63. The number of carbonyl (C=O) groups excluding carboxylic acids is 1. The summed E-state index contributed by atoms with van der Waals surface area (Å²) in [5, 5.41) is 19.2. The first kappa shape index (κ1) is 18.2. The van der Waals surface area contributed by atoms with Crippen molar-refractivity contribution in [2.45, 2.75) is 54.7 Å². The molecule has 0 aliphatic carbocycles. The van der Waals surface area contributed by atoms with E-state index >= 15 is 0 Å². The lowest BCUT2D eigenvalue weighted by molar-refractivity contribution is -0.142. The molecule has 1 amide bonds. The molecule has 0 saturated carbocycles. The van der Waals surface area contributed by atoms with Crippen molar-refractivity contribution < 1.29 is 24.6 Å². The monoisotopic (exact) mass is 335 g/mol. The van der Waals surface area contributed by atoms with E-state index in [9.17, 15) is 19.5 Å². The summed E-state index contributed by atoms with van der Waals surface area (Å²) in [6, 6.07) is -0.985. The van der Waals surface area contributed by atoms with Gasteiger partial charge in [-0.1, -0.05) is 13.8 Å². The van der Waals surface area contributed by atoms with Gasteiger partial charge in [0, 0.05) is 0 Å². The van der Waals surface area contributed by atoms with Crippen LogP contribution in [0.25, 0.3) is 0 Å². The van der Waals surface area contributed by atoms with E-state index in [0.717, 1.165) is 0 Å². The average Bonchev–Trinajstić information content (AvgIpc) is 2.64. The molecule has 3 N–H and O–H groups in total. The van der Waals surface area contributed by atoms with Crippen molar-refractivity contribution in [2.24, 2.45) is 5.92 Å². The van der Waals surface area contributed by atoms with Gasteiger partial charge in [0.2, 0.25) is 5.91 Å². The van der Waals surface area contributed by atoms with E-state index in [2.05, 4.69) is 5.32 Å². The number of nitrogens with one attached hydrogen (secondary N) is 1. The van der Waals surface area contributed by atoms with Gasteiger partial charge in [-0.3, -0.25) is 9.59 Å². The number of hydrogen-bond donors (Lipinski definition) is 3. The molecule has 21 heavy (non-hydrogen) atoms. The van der Waals surface area contributed by atoms with Crippen molar-refractivity contribution in [3.05, 3.63) is 0 Å². The molecule has 0 bridgehead atoms. The van der Waals surface area contributed by atoms with Gasteiger partial charge in [0.25, 0.3) is 0 Å². The first-order valence-corrected chi connectivity index (χ1v) is 8.41. The van der Waals surface area contributed by atoms with Gasteiger partial charge in [0.15, 0.2) is 0 Å². The highest BCUT2D eigenvalue weighted by Crippen LogP contribution is 2.52. The van der Waals surface area contributed by atoms with Crippen molar-refractivity contribution in [3.63, 3.8) is 0 Å². The fraction of sp³-hybridized carbons (Fsp3) is 0.769. The predicted molar refractivity (Wildman–Crippen MR) is 83.5 cm³/mol. The van der Waals surface area contributed by atoms with Crippen LogP contribution in [0.1, 0.15) is 34.1 Å². The van der Waals surface area contributed by atoms with Crippen LogP contribution in [0.2, 0.25) is 0 Å². The predicted octanol–water partition coefficient (Wildman–Crippen LogP) is 1.64. The van der Waals surface area contributed by atoms with E-state index in [0.29, 0.717) is 6.42 Å². The van der Waals surface area contributed by atoms with Crippen LogP contribution in [0.5, 0.6) is 0 Å². The molecular weight excluding hydrogens is 314 g/mol. The number of aliphatic carboxylic acids is 2. The molecule has 1 saturated heterocycles. The summed E-state index contributed by atoms with van der Waals surface area (Å²) in [5.41, 5.74) is 0. The van der Waals surface area contributed by atoms with Crippen LogP contribution in [-0.2, 0) is 14.4 Å². The highest BCUT2D eigenvalue weighted by molar-refractivity contribution is 8.22. The van der Waals surface area contributed by atoms with E-state index in [1.807, 2.05) is 27.7 Å². The molecule has 1 fully saturated rings. The molecule has 6 nitrogen and oxygen atoms in total. The van der Waals surface area contributed by atoms with Gasteiger partial charge >= 0.3 is 11.9 Å². The zero-order valence-corrected chi connectivity index (χ0v) is 14.1. The van der Waals surface area contributed by atoms with E-state index in [1.54, 1.807) is 0 Å². The van der Waals surface area contributed by atoms with Crippen molar-refractivity contribution in [1.82, 2.24) is 5.32 Å². The molecule has 2 unspecified atom stereocenters. The average molecular weight is 335 g/mol. The highest BCUT2D eigenvalue weighted by atomic mass is 32.2. The molecule has 1 heterocycles. The third kappa shape index (κ3) is 5.10. The van der Waals surface area contributed by atoms with E-state index in [1.165, 1.54) is 23.5 Å². The normalized spacial score (nSPS) is 25.6. The zero-order valence-electron chi connectivity index (χ0n) is 12.5. The lowest BCUT2D eigenvalue weighted by atomic mass is 10.0. The molecule has 1 aliphatic rings. The molecule has 1 aliphatic heterocycles. The van der Waals surface area contributed by atoms with Crippen LogP contribution < -0.4 is 5.32 Å². The molecule has 1 rings (SSSR count). The Balaban J connectivity index is 2.81. The fourth-order valence-corrected chi connectivity index (χ4v) is 5.24. The smallest absolute Gasteiger partial charge is 0.326 e. The van der Waals surface area contributed by atoms with Gasteiger partial charge in [0.05, 0.1) is 4.08 Å². The first-order chi connectivity index (χ1) is 9.53. The molecular formula is C13H21NO5S2. The van der Waals surface area contributed by atoms with Gasteiger partial charge in [-0.25, -0.2) is 4.79 Å². The van der Waals surface area contributed by atoms with Crippen LogP contribution in [0.4, 0.5) is 0 Å². The minimum Gasteiger partial charge on any atom is -0.480 e. The minimum absolute atomic E-state index is 0.115. The number of thioether (sulfide) groups is 2. The number of hydrogen-bond acceptors (Lipinski definition) is 5. The summed E-state index contributed by atoms with van der Waals surface area (Å²) in [5.74, 6) is -2.55. The maximum Gasteiger partial charge on any atom is 0.326 e. The van der Waals surface area contributed by atoms with Crippen molar-refractivity contribution in [1.29, 1.82) is 0 Å². The van der Waals surface area contributed by atoms with Gasteiger partial charge in [0.1, 0.15) is 16.5 Å². The zero-order chi connectivity index (χ0) is 16.4. The van der Waals surface area contributed by atoms with Gasteiger partial charge in [-0.05, 0) is 26.2 Å². The summed E-state index contributed by atoms with van der Waals surface area (Å²) in [6.45, 7) is 7.44. The maximum absolute atomic E-state index is 12.3. The molecule has 0 radical (unpaired) electrons. The maximum atomic E-state index is 12.3. The van der Waals surface area contributed by atoms with Crippen molar-refractivity contribution in [3.8, 4) is 0 Å². The van der Waals surface area contributed by atoms with E-state index < -0.39 is 34.4 Å². The number of rotatable bonds is 6. The SMILES string of the molecule is CC(C)C[C@H](NC(=O)C1SC(C)(C)SC1C(=O)O)C(=O)O. The third-order valence-electron chi connectivity index (χ3n) is 2.92. The largest absolute Gasteiger partial charge is 0.480 e. The number of carbonyl (C=O) groups is 3. The Hall–Kier alpha value is -0.890. The number of carboxylic acids is 2. The fourth-order valence-electron chi connectivity index (χ4n) is 2.08. The summed E-state index contributed by atoms with van der Waals surface area (Å²) in [4.78, 5) is 34.7. The lowest BCUT2D eigenvalue weighted by Crippen LogP contribution is -2.48. The molecule has 0 aromatic carbocycles. The standard InChI is InChI=1S/C13H21NO5S2/c1-6(2)5-7(11(16)17)14-10(15)8-9(12(18)19)21-13(3,4)20-8/h6-9H,5H2,1-4H3,(H,14,15)(H,16,17)(H,18,19)/t7-,8?,9?/m0/s1. The summed E-state index contributed by atoms with van der Waals surface area (Å²) < 4.78 is -0.387. The summed E-state index contributed by atoms with van der Waals surface area (Å²) >= 11 is 2.48. The summed E-state index contributed by atoms with van der Waals surface area (Å²) in [7, 11) is 0. The molecule has 0 aromatic rings. The third-order valence-corrected chi connectivity index (χ3v) is 6.27. The van der Waals surface area contributed by atoms with Gasteiger partial charge < -0.3 is 15.5 Å². The van der Waals surface area contributed by atoms with E-state index in [-0.39, 0.29) is 10.00 Å². The van der Waals surface area contributed by atoms with Gasteiger partial charge in [-0.15, -0.1) is 23.5 Å². The molecule has 0 aromatic heterocycles. The Morgan fingerprint density at radius 2 is 1.67 bits per heavy atom. The number of amides is 1. The Morgan fingerprint density at radius 3 is 2.10 bits per heavy atom. The van der Waals surface area contributed by atoms with Crippen molar-refractivity contribution >= 4 is 41.4 Å². The topological polar surface area (TPSA) is 104 Å². The van der Waals surface area contributed by atoms with Crippen LogP contribution in [0, 0.1) is 5.92 Å². The Bertz CT molecular complexity index is 438. The Morgan fingerprint density at radius 1 is 1.14 bits per heavy atom. The Labute approximate surface area is 132 Å². The minimum atomic E-state index is -1.10. The second kappa shape index (κ2) is 6.91. The van der Waals surface area contributed by atoms with Crippen LogP contribution in [-0.4, -0.2) is 48.7 Å². The molecule has 8 heteroatoms. The first-order valence-electron chi connectivity index (χ1n) is 6.65.